The smallest absolute Gasteiger partial charge is 0.428 e. The van der Waals surface area contributed by atoms with Gasteiger partial charge >= 0.3 is 6.09 Å². The van der Waals surface area contributed by atoms with Gasteiger partial charge in [-0.3, -0.25) is 0 Å². The van der Waals surface area contributed by atoms with E-state index in [9.17, 15) is 14.7 Å². The van der Waals surface area contributed by atoms with Gasteiger partial charge in [0.2, 0.25) is 0 Å². The third kappa shape index (κ3) is 7.56. The third-order valence-electron chi connectivity index (χ3n) is 2.01. The quantitative estimate of drug-likeness (QED) is 0.635. The van der Waals surface area contributed by atoms with E-state index in [4.69, 9.17) is 9.47 Å². The van der Waals surface area contributed by atoms with Crippen LogP contribution in [0.2, 0.25) is 0 Å². The molecule has 7 heteroatoms. The van der Waals surface area contributed by atoms with Crippen LogP contribution in [0.5, 0.6) is 5.75 Å². The monoisotopic (exact) mass is 293 g/mol. The van der Waals surface area contributed by atoms with Gasteiger partial charge in [-0.05, 0) is 50.6 Å². The zero-order chi connectivity index (χ0) is 15.9. The summed E-state index contributed by atoms with van der Waals surface area (Å²) in [6, 6.07) is 6.48. The number of carboxylic acids is 1. The van der Waals surface area contributed by atoms with Gasteiger partial charge in [0.05, 0.1) is 12.2 Å². The maximum Gasteiger partial charge on any atom is 0.428 e. The molecule has 21 heavy (non-hydrogen) atoms. The highest BCUT2D eigenvalue weighted by molar-refractivity contribution is 5.81. The van der Waals surface area contributed by atoms with Gasteiger partial charge in [0.1, 0.15) is 18.0 Å². The SMILES string of the molecule is CC(C)(C)OC(=O)N/N=C\c1ccc(OCC(=O)[O-])cc1. The number of rotatable bonds is 5. The van der Waals surface area contributed by atoms with Gasteiger partial charge in [-0.25, -0.2) is 10.2 Å². The lowest BCUT2D eigenvalue weighted by atomic mass is 10.2. The molecular weight excluding hydrogens is 276 g/mol. The molecule has 1 aromatic rings. The van der Waals surface area contributed by atoms with Crippen LogP contribution in [-0.2, 0) is 9.53 Å². The van der Waals surface area contributed by atoms with Crippen molar-refractivity contribution >= 4 is 18.3 Å². The molecule has 1 N–H and O–H groups in total. The van der Waals surface area contributed by atoms with E-state index in [0.717, 1.165) is 0 Å². The van der Waals surface area contributed by atoms with E-state index in [-0.39, 0.29) is 0 Å². The first-order valence-corrected chi connectivity index (χ1v) is 6.21. The fraction of sp³-hybridized carbons (Fsp3) is 0.357. The summed E-state index contributed by atoms with van der Waals surface area (Å²) >= 11 is 0. The Balaban J connectivity index is 2.46. The fourth-order valence-corrected chi connectivity index (χ4v) is 1.25. The molecule has 0 spiro atoms. The molecule has 0 aliphatic rings. The van der Waals surface area contributed by atoms with Crippen molar-refractivity contribution in [3.8, 4) is 5.75 Å². The minimum atomic E-state index is -1.29. The second kappa shape index (κ2) is 7.28. The Morgan fingerprint density at radius 1 is 1.29 bits per heavy atom. The van der Waals surface area contributed by atoms with Crippen LogP contribution in [0.3, 0.4) is 0 Å². The summed E-state index contributed by atoms with van der Waals surface area (Å²) in [6.07, 6.45) is 0.777. The molecule has 114 valence electrons. The molecule has 0 saturated carbocycles. The molecule has 0 aliphatic heterocycles. The Kier molecular flexibility index (Phi) is 5.71. The maximum absolute atomic E-state index is 11.3. The number of amides is 1. The number of hydrogen-bond donors (Lipinski definition) is 1. The third-order valence-corrected chi connectivity index (χ3v) is 2.01. The molecule has 0 bridgehead atoms. The molecule has 1 rings (SSSR count). The van der Waals surface area contributed by atoms with Crippen molar-refractivity contribution in [3.05, 3.63) is 29.8 Å². The average Bonchev–Trinajstić information content (AvgIpc) is 2.35. The lowest BCUT2D eigenvalue weighted by Gasteiger charge is -2.18. The van der Waals surface area contributed by atoms with Crippen LogP contribution >= 0.6 is 0 Å². The van der Waals surface area contributed by atoms with E-state index < -0.39 is 24.3 Å². The second-order valence-electron chi connectivity index (χ2n) is 5.10. The summed E-state index contributed by atoms with van der Waals surface area (Å²) in [4.78, 5) is 21.6. The molecular formula is C14H17N2O5-. The number of aliphatic carboxylic acids is 1. The minimum absolute atomic E-state index is 0.399. The van der Waals surface area contributed by atoms with Crippen LogP contribution in [0, 0.1) is 0 Å². The van der Waals surface area contributed by atoms with Gasteiger partial charge in [0.25, 0.3) is 0 Å². The lowest BCUT2D eigenvalue weighted by Crippen LogP contribution is -2.29. The highest BCUT2D eigenvalue weighted by Gasteiger charge is 2.15. The Bertz CT molecular complexity index is 517. The summed E-state index contributed by atoms with van der Waals surface area (Å²) < 4.78 is 9.93. The summed E-state index contributed by atoms with van der Waals surface area (Å²) in [5.74, 6) is -0.890. The fourth-order valence-electron chi connectivity index (χ4n) is 1.25. The number of carbonyl (C=O) groups is 2. The van der Waals surface area contributed by atoms with Gasteiger partial charge in [-0.15, -0.1) is 0 Å². The van der Waals surface area contributed by atoms with Crippen molar-refractivity contribution in [3.63, 3.8) is 0 Å². The molecule has 0 atom stereocenters. The second-order valence-corrected chi connectivity index (χ2v) is 5.10. The van der Waals surface area contributed by atoms with Crippen LogP contribution in [-0.4, -0.2) is 30.5 Å². The topological polar surface area (TPSA) is 100 Å². The Morgan fingerprint density at radius 3 is 2.43 bits per heavy atom. The molecule has 0 unspecified atom stereocenters. The predicted molar refractivity (Wildman–Crippen MR) is 73.9 cm³/mol. The molecule has 0 fully saturated rings. The van der Waals surface area contributed by atoms with Crippen LogP contribution in [0.4, 0.5) is 4.79 Å². The zero-order valence-electron chi connectivity index (χ0n) is 12.1. The summed E-state index contributed by atoms with van der Waals surface area (Å²) in [7, 11) is 0. The largest absolute Gasteiger partial charge is 0.546 e. The van der Waals surface area contributed by atoms with Crippen molar-refractivity contribution in [2.24, 2.45) is 5.10 Å². The maximum atomic E-state index is 11.3. The number of hydrogen-bond acceptors (Lipinski definition) is 6. The Labute approximate surface area is 122 Å². The molecule has 0 aliphatic carbocycles. The average molecular weight is 293 g/mol. The molecule has 7 nitrogen and oxygen atoms in total. The molecule has 0 saturated heterocycles. The number of hydrazone groups is 1. The number of carboxylic acid groups (broad SMARTS) is 1. The lowest BCUT2D eigenvalue weighted by molar-refractivity contribution is -0.307. The number of carbonyl (C=O) groups excluding carboxylic acids is 2. The van der Waals surface area contributed by atoms with Gasteiger partial charge in [0, 0.05) is 0 Å². The van der Waals surface area contributed by atoms with E-state index in [1.165, 1.54) is 6.21 Å². The molecule has 0 radical (unpaired) electrons. The summed E-state index contributed by atoms with van der Waals surface area (Å²) in [5, 5.41) is 14.0. The first-order valence-electron chi connectivity index (χ1n) is 6.21. The number of nitrogens with zero attached hydrogens (tertiary/aromatic N) is 1. The van der Waals surface area contributed by atoms with Crippen molar-refractivity contribution < 1.29 is 24.2 Å². The minimum Gasteiger partial charge on any atom is -0.546 e. The summed E-state index contributed by atoms with van der Waals surface area (Å²) in [5.41, 5.74) is 2.35. The number of nitrogens with one attached hydrogen (secondary N) is 1. The Hall–Kier alpha value is -2.57. The van der Waals surface area contributed by atoms with E-state index in [1.807, 2.05) is 0 Å². The molecule has 1 amide bonds. The number of ether oxygens (including phenoxy) is 2. The standard InChI is InChI=1S/C14H18N2O5/c1-14(2,3)21-13(19)16-15-8-10-4-6-11(7-5-10)20-9-12(17)18/h4-8H,9H2,1-3H3,(H,16,19)(H,17,18)/p-1/b15-8-. The van der Waals surface area contributed by atoms with Crippen molar-refractivity contribution in [2.75, 3.05) is 6.61 Å². The molecule has 0 aromatic heterocycles. The highest BCUT2D eigenvalue weighted by Crippen LogP contribution is 2.10. The van der Waals surface area contributed by atoms with Gasteiger partial charge in [-0.2, -0.15) is 5.10 Å². The predicted octanol–water partition coefficient (Wildman–Crippen LogP) is 0.674. The normalized spacial score (nSPS) is 11.2. The van der Waals surface area contributed by atoms with Crippen molar-refractivity contribution in [2.45, 2.75) is 26.4 Å². The Morgan fingerprint density at radius 2 is 1.90 bits per heavy atom. The van der Waals surface area contributed by atoms with E-state index in [1.54, 1.807) is 45.0 Å². The van der Waals surface area contributed by atoms with Crippen LogP contribution in [0.15, 0.2) is 29.4 Å². The van der Waals surface area contributed by atoms with Gasteiger partial charge in [-0.1, -0.05) is 0 Å². The van der Waals surface area contributed by atoms with Crippen molar-refractivity contribution in [1.82, 2.24) is 5.43 Å². The number of benzene rings is 1. The molecule has 0 heterocycles. The van der Waals surface area contributed by atoms with Crippen molar-refractivity contribution in [1.29, 1.82) is 0 Å². The van der Waals surface area contributed by atoms with E-state index in [0.29, 0.717) is 11.3 Å². The summed E-state index contributed by atoms with van der Waals surface area (Å²) in [6.45, 7) is 4.75. The van der Waals surface area contributed by atoms with Crippen LogP contribution in [0.1, 0.15) is 26.3 Å². The highest BCUT2D eigenvalue weighted by atomic mass is 16.6. The zero-order valence-corrected chi connectivity index (χ0v) is 12.1. The molecule has 1 aromatic carbocycles. The van der Waals surface area contributed by atoms with E-state index >= 15 is 0 Å². The van der Waals surface area contributed by atoms with E-state index in [2.05, 4.69) is 10.5 Å². The first kappa shape index (κ1) is 16.5. The van der Waals surface area contributed by atoms with Crippen LogP contribution < -0.4 is 15.3 Å². The van der Waals surface area contributed by atoms with Crippen LogP contribution in [0.25, 0.3) is 0 Å². The first-order chi connectivity index (χ1) is 9.76. The van der Waals surface area contributed by atoms with Gasteiger partial charge in [0.15, 0.2) is 0 Å². The van der Waals surface area contributed by atoms with Gasteiger partial charge < -0.3 is 19.4 Å².